The minimum atomic E-state index is -0.477. The van der Waals surface area contributed by atoms with Crippen LogP contribution in [0.5, 0.6) is 5.75 Å². The van der Waals surface area contributed by atoms with Crippen LogP contribution in [0.1, 0.15) is 27.7 Å². The molecule has 0 bridgehead atoms. The van der Waals surface area contributed by atoms with E-state index in [0.717, 1.165) is 44.2 Å². The van der Waals surface area contributed by atoms with Crippen molar-refractivity contribution in [2.24, 2.45) is 0 Å². The van der Waals surface area contributed by atoms with E-state index in [1.54, 1.807) is 30.2 Å². The zero-order valence-electron chi connectivity index (χ0n) is 17.4. The SMILES string of the molecule is COc1ccc([C@@H]2c3c(oc4ccccc4c3=O)C(=O)N2CC[NH+]2CCOCC2)cc1. The van der Waals surface area contributed by atoms with Crippen molar-refractivity contribution in [2.75, 3.05) is 46.5 Å². The van der Waals surface area contributed by atoms with Gasteiger partial charge in [-0.15, -0.1) is 0 Å². The molecule has 1 fully saturated rings. The topological polar surface area (TPSA) is 73.4 Å². The molecule has 1 amide bonds. The fraction of sp³-hybridized carbons (Fsp3) is 0.333. The molecule has 1 atom stereocenters. The van der Waals surface area contributed by atoms with Gasteiger partial charge in [0.15, 0.2) is 5.43 Å². The molecule has 0 aliphatic carbocycles. The number of rotatable bonds is 5. The van der Waals surface area contributed by atoms with Crippen LogP contribution in [0.15, 0.2) is 57.7 Å². The van der Waals surface area contributed by atoms with Gasteiger partial charge in [0.25, 0.3) is 5.91 Å². The quantitative estimate of drug-likeness (QED) is 0.672. The molecule has 7 nitrogen and oxygen atoms in total. The van der Waals surface area contributed by atoms with Crippen molar-refractivity contribution in [3.63, 3.8) is 0 Å². The zero-order chi connectivity index (χ0) is 21.4. The number of nitrogens with zero attached hydrogens (tertiary/aromatic N) is 1. The second-order valence-corrected chi connectivity index (χ2v) is 7.96. The maximum absolute atomic E-state index is 13.4. The third-order valence-corrected chi connectivity index (χ3v) is 6.21. The Hall–Kier alpha value is -3.16. The molecule has 2 aromatic carbocycles. The molecule has 160 valence electrons. The number of ether oxygens (including phenoxy) is 2. The van der Waals surface area contributed by atoms with Crippen LogP contribution >= 0.6 is 0 Å². The van der Waals surface area contributed by atoms with Crippen LogP contribution < -0.4 is 15.1 Å². The molecule has 2 aliphatic rings. The number of methoxy groups -OCH3 is 1. The summed E-state index contributed by atoms with van der Waals surface area (Å²) < 4.78 is 16.7. The zero-order valence-corrected chi connectivity index (χ0v) is 17.4. The lowest BCUT2D eigenvalue weighted by atomic mass is 9.98. The smallest absolute Gasteiger partial charge is 0.291 e. The third-order valence-electron chi connectivity index (χ3n) is 6.21. The van der Waals surface area contributed by atoms with Crippen LogP contribution in [0, 0.1) is 0 Å². The summed E-state index contributed by atoms with van der Waals surface area (Å²) in [6.07, 6.45) is 0. The number of carbonyl (C=O) groups is 1. The average Bonchev–Trinajstić information content (AvgIpc) is 3.10. The number of quaternary nitrogens is 1. The third kappa shape index (κ3) is 3.49. The molecule has 0 unspecified atom stereocenters. The predicted octanol–water partition coefficient (Wildman–Crippen LogP) is 1.26. The number of benzene rings is 2. The molecule has 5 rings (SSSR count). The van der Waals surface area contributed by atoms with E-state index in [2.05, 4.69) is 0 Å². The van der Waals surface area contributed by atoms with E-state index in [0.29, 0.717) is 23.1 Å². The van der Waals surface area contributed by atoms with E-state index >= 15 is 0 Å². The molecule has 0 radical (unpaired) electrons. The molecule has 3 aromatic rings. The summed E-state index contributed by atoms with van der Waals surface area (Å²) in [5, 5.41) is 0.494. The Labute approximate surface area is 179 Å². The van der Waals surface area contributed by atoms with Crippen LogP contribution in [0.4, 0.5) is 0 Å². The maximum atomic E-state index is 13.4. The maximum Gasteiger partial charge on any atom is 0.291 e. The Morgan fingerprint density at radius 1 is 1.06 bits per heavy atom. The fourth-order valence-corrected chi connectivity index (χ4v) is 4.52. The van der Waals surface area contributed by atoms with E-state index in [1.165, 1.54) is 4.90 Å². The van der Waals surface area contributed by atoms with Crippen LogP contribution in [-0.2, 0) is 4.74 Å². The summed E-state index contributed by atoms with van der Waals surface area (Å²) in [5.74, 6) is 0.649. The molecule has 0 spiro atoms. The number of carbonyl (C=O) groups excluding carboxylic acids is 1. The van der Waals surface area contributed by atoms with Gasteiger partial charge in [-0.25, -0.2) is 0 Å². The van der Waals surface area contributed by atoms with Crippen LogP contribution in [0.3, 0.4) is 0 Å². The number of hydrogen-bond donors (Lipinski definition) is 1. The van der Waals surface area contributed by atoms with Crippen molar-refractivity contribution in [3.8, 4) is 5.75 Å². The van der Waals surface area contributed by atoms with E-state index in [4.69, 9.17) is 13.9 Å². The van der Waals surface area contributed by atoms with Gasteiger partial charge in [-0.1, -0.05) is 24.3 Å². The molecule has 1 N–H and O–H groups in total. The van der Waals surface area contributed by atoms with Gasteiger partial charge < -0.3 is 23.7 Å². The Balaban J connectivity index is 1.58. The van der Waals surface area contributed by atoms with Crippen molar-refractivity contribution >= 4 is 16.9 Å². The van der Waals surface area contributed by atoms with Gasteiger partial charge in [-0.2, -0.15) is 0 Å². The first-order valence-corrected chi connectivity index (χ1v) is 10.6. The predicted molar refractivity (Wildman–Crippen MR) is 115 cm³/mol. The van der Waals surface area contributed by atoms with Gasteiger partial charge in [0.05, 0.1) is 50.4 Å². The Kier molecular flexibility index (Phi) is 5.21. The van der Waals surface area contributed by atoms with Gasteiger partial charge in [0.2, 0.25) is 5.76 Å². The Morgan fingerprint density at radius 3 is 2.55 bits per heavy atom. The first-order valence-electron chi connectivity index (χ1n) is 10.6. The minimum absolute atomic E-state index is 0.146. The molecule has 31 heavy (non-hydrogen) atoms. The first kappa shape index (κ1) is 19.8. The Bertz CT molecular complexity index is 1160. The number of nitrogens with one attached hydrogen (secondary N) is 1. The number of para-hydroxylation sites is 1. The van der Waals surface area contributed by atoms with Crippen molar-refractivity contribution in [3.05, 3.63) is 75.6 Å². The fourth-order valence-electron chi connectivity index (χ4n) is 4.52. The van der Waals surface area contributed by atoms with Gasteiger partial charge in [-0.3, -0.25) is 9.59 Å². The summed E-state index contributed by atoms with van der Waals surface area (Å²) in [7, 11) is 1.61. The second kappa shape index (κ2) is 8.17. The van der Waals surface area contributed by atoms with Crippen LogP contribution in [-0.4, -0.2) is 57.3 Å². The lowest BCUT2D eigenvalue weighted by molar-refractivity contribution is -0.907. The molecular weight excluding hydrogens is 396 g/mol. The average molecular weight is 421 g/mol. The number of morpholine rings is 1. The number of amides is 1. The van der Waals surface area contributed by atoms with E-state index in [-0.39, 0.29) is 17.1 Å². The number of fused-ring (bicyclic) bond motifs is 2. The van der Waals surface area contributed by atoms with Crippen molar-refractivity contribution in [2.45, 2.75) is 6.04 Å². The molecule has 2 aliphatic heterocycles. The highest BCUT2D eigenvalue weighted by Crippen LogP contribution is 2.38. The van der Waals surface area contributed by atoms with Gasteiger partial charge in [0.1, 0.15) is 24.4 Å². The normalized spacial score (nSPS) is 19.1. The highest BCUT2D eigenvalue weighted by molar-refractivity contribution is 5.99. The second-order valence-electron chi connectivity index (χ2n) is 7.96. The van der Waals surface area contributed by atoms with E-state index < -0.39 is 6.04 Å². The van der Waals surface area contributed by atoms with Crippen molar-refractivity contribution in [1.29, 1.82) is 0 Å². The van der Waals surface area contributed by atoms with Gasteiger partial charge in [0, 0.05) is 0 Å². The lowest BCUT2D eigenvalue weighted by Crippen LogP contribution is -3.14. The summed E-state index contributed by atoms with van der Waals surface area (Å²) >= 11 is 0. The van der Waals surface area contributed by atoms with Crippen LogP contribution in [0.2, 0.25) is 0 Å². The molecule has 1 aromatic heterocycles. The van der Waals surface area contributed by atoms with Crippen molar-refractivity contribution < 1.29 is 23.6 Å². The molecule has 7 heteroatoms. The highest BCUT2D eigenvalue weighted by atomic mass is 16.5. The van der Waals surface area contributed by atoms with Gasteiger partial charge in [-0.05, 0) is 29.8 Å². The van der Waals surface area contributed by atoms with E-state index in [1.807, 2.05) is 30.3 Å². The largest absolute Gasteiger partial charge is 0.497 e. The molecular formula is C24H25N2O5+. The lowest BCUT2D eigenvalue weighted by Gasteiger charge is -2.29. The summed E-state index contributed by atoms with van der Waals surface area (Å²) in [6.45, 7) is 4.63. The monoisotopic (exact) mass is 421 g/mol. The molecule has 1 saturated heterocycles. The summed E-state index contributed by atoms with van der Waals surface area (Å²) in [6, 6.07) is 14.1. The standard InChI is InChI=1S/C24H24N2O5/c1-29-17-8-6-16(7-9-17)21-20-22(27)18-4-2-3-5-19(18)31-23(20)24(28)26(21)11-10-25-12-14-30-15-13-25/h2-9,21H,10-15H2,1H3/p+1/t21-/m1/s1. The Morgan fingerprint density at radius 2 is 1.81 bits per heavy atom. The summed E-state index contributed by atoms with van der Waals surface area (Å²) in [4.78, 5) is 30.0. The van der Waals surface area contributed by atoms with Gasteiger partial charge >= 0.3 is 0 Å². The minimum Gasteiger partial charge on any atom is -0.497 e. The van der Waals surface area contributed by atoms with E-state index in [9.17, 15) is 9.59 Å². The molecule has 3 heterocycles. The van der Waals surface area contributed by atoms with Crippen molar-refractivity contribution in [1.82, 2.24) is 4.90 Å². The molecule has 0 saturated carbocycles. The number of hydrogen-bond acceptors (Lipinski definition) is 5. The summed E-state index contributed by atoms with van der Waals surface area (Å²) in [5.41, 5.74) is 1.58. The van der Waals surface area contributed by atoms with Crippen LogP contribution in [0.25, 0.3) is 11.0 Å². The highest BCUT2D eigenvalue weighted by Gasteiger charge is 2.43. The first-order chi connectivity index (χ1) is 15.2.